The van der Waals surface area contributed by atoms with Gasteiger partial charge in [-0.25, -0.2) is 0 Å². The number of nitrogens with zero attached hydrogens (tertiary/aromatic N) is 1. The molecule has 0 fully saturated rings. The van der Waals surface area contributed by atoms with Crippen LogP contribution in [0.4, 0.5) is 5.88 Å². The Morgan fingerprint density at radius 2 is 1.57 bits per heavy atom. The van der Waals surface area contributed by atoms with Crippen molar-refractivity contribution in [1.82, 2.24) is 5.16 Å². The second-order valence-corrected chi connectivity index (χ2v) is 5.31. The number of benzene rings is 1. The predicted molar refractivity (Wildman–Crippen MR) is 80.1 cm³/mol. The molecule has 0 bridgehead atoms. The topological polar surface area (TPSA) is 78.3 Å². The van der Waals surface area contributed by atoms with Gasteiger partial charge in [-0.05, 0) is 32.9 Å². The Kier molecular flexibility index (Phi) is 2.25. The Bertz CT molecular complexity index is 930. The molecule has 106 valence electrons. The van der Waals surface area contributed by atoms with E-state index in [1.165, 1.54) is 0 Å². The molecule has 5 nitrogen and oxygen atoms in total. The van der Waals surface area contributed by atoms with Crippen molar-refractivity contribution in [2.24, 2.45) is 0 Å². The van der Waals surface area contributed by atoms with E-state index in [9.17, 15) is 0 Å². The molecular weight excluding hydrogens is 268 g/mol. The van der Waals surface area contributed by atoms with Crippen molar-refractivity contribution in [3.63, 3.8) is 0 Å². The van der Waals surface area contributed by atoms with Crippen LogP contribution in [-0.4, -0.2) is 5.16 Å². The lowest BCUT2D eigenvalue weighted by Crippen LogP contribution is -1.84. The highest BCUT2D eigenvalue weighted by Gasteiger charge is 2.21. The van der Waals surface area contributed by atoms with Crippen LogP contribution in [0, 0.1) is 20.8 Å². The summed E-state index contributed by atoms with van der Waals surface area (Å²) in [7, 11) is 0. The van der Waals surface area contributed by atoms with Gasteiger partial charge in [0.15, 0.2) is 0 Å². The first-order valence-electron chi connectivity index (χ1n) is 6.70. The lowest BCUT2D eigenvalue weighted by atomic mass is 10.00. The third-order valence-electron chi connectivity index (χ3n) is 3.74. The molecule has 21 heavy (non-hydrogen) atoms. The van der Waals surface area contributed by atoms with Gasteiger partial charge < -0.3 is 19.1 Å². The molecule has 0 atom stereocenters. The number of rotatable bonds is 1. The number of nitrogens with two attached hydrogens (primary N) is 1. The third kappa shape index (κ3) is 1.60. The van der Waals surface area contributed by atoms with Crippen LogP contribution in [0.2, 0.25) is 0 Å². The van der Waals surface area contributed by atoms with Gasteiger partial charge in [0.05, 0.1) is 5.56 Å². The molecule has 0 saturated carbocycles. The fraction of sp³-hybridized carbons (Fsp3) is 0.188. The standard InChI is InChI=1S/C16H14N2O3/c1-7-4-10-9(3)15-11(5-8(2)19-15)14(16(10)20-7)12-6-13(17)21-18-12/h4-6H,17H2,1-3H3. The van der Waals surface area contributed by atoms with Gasteiger partial charge in [0.25, 0.3) is 0 Å². The number of aryl methyl sites for hydroxylation is 3. The number of hydrogen-bond donors (Lipinski definition) is 1. The summed E-state index contributed by atoms with van der Waals surface area (Å²) in [6, 6.07) is 5.69. The van der Waals surface area contributed by atoms with Crippen LogP contribution < -0.4 is 5.73 Å². The minimum Gasteiger partial charge on any atom is -0.461 e. The Labute approximate surface area is 120 Å². The molecule has 0 aliphatic carbocycles. The highest BCUT2D eigenvalue weighted by molar-refractivity contribution is 6.11. The largest absolute Gasteiger partial charge is 0.461 e. The van der Waals surface area contributed by atoms with Crippen molar-refractivity contribution in [1.29, 1.82) is 0 Å². The fourth-order valence-corrected chi connectivity index (χ4v) is 2.86. The molecule has 4 aromatic rings. The molecule has 3 aromatic heterocycles. The first-order chi connectivity index (χ1) is 10.0. The minimum absolute atomic E-state index is 0.273. The molecule has 0 amide bonds. The smallest absolute Gasteiger partial charge is 0.222 e. The van der Waals surface area contributed by atoms with Crippen LogP contribution in [0.3, 0.4) is 0 Å². The lowest BCUT2D eigenvalue weighted by Gasteiger charge is -2.03. The van der Waals surface area contributed by atoms with Crippen molar-refractivity contribution in [2.45, 2.75) is 20.8 Å². The molecule has 0 aliphatic heterocycles. The Balaban J connectivity index is 2.25. The summed E-state index contributed by atoms with van der Waals surface area (Å²) < 4.78 is 16.8. The van der Waals surface area contributed by atoms with E-state index < -0.39 is 0 Å². The van der Waals surface area contributed by atoms with Gasteiger partial charge in [0, 0.05) is 22.4 Å². The van der Waals surface area contributed by atoms with E-state index in [0.717, 1.165) is 44.6 Å². The van der Waals surface area contributed by atoms with Crippen molar-refractivity contribution in [3.05, 3.63) is 35.3 Å². The zero-order chi connectivity index (χ0) is 14.7. The van der Waals surface area contributed by atoms with E-state index >= 15 is 0 Å². The number of furan rings is 2. The molecule has 5 heteroatoms. The van der Waals surface area contributed by atoms with Gasteiger partial charge >= 0.3 is 0 Å². The van der Waals surface area contributed by atoms with E-state index in [0.29, 0.717) is 5.69 Å². The summed E-state index contributed by atoms with van der Waals surface area (Å²) in [4.78, 5) is 0. The predicted octanol–water partition coefficient (Wildman–Crippen LogP) is 4.34. The van der Waals surface area contributed by atoms with Crippen LogP contribution in [0.5, 0.6) is 0 Å². The molecular formula is C16H14N2O3. The fourth-order valence-electron chi connectivity index (χ4n) is 2.86. The molecule has 0 radical (unpaired) electrons. The summed E-state index contributed by atoms with van der Waals surface area (Å²) in [5.41, 5.74) is 9.86. The zero-order valence-corrected chi connectivity index (χ0v) is 12.0. The highest BCUT2D eigenvalue weighted by Crippen LogP contribution is 2.41. The molecule has 0 spiro atoms. The molecule has 0 saturated heterocycles. The Morgan fingerprint density at radius 1 is 0.905 bits per heavy atom. The molecule has 2 N–H and O–H groups in total. The molecule has 1 aromatic carbocycles. The van der Waals surface area contributed by atoms with Crippen molar-refractivity contribution in [3.8, 4) is 11.3 Å². The summed E-state index contributed by atoms with van der Waals surface area (Å²) in [6.45, 7) is 5.88. The van der Waals surface area contributed by atoms with E-state index in [4.69, 9.17) is 19.1 Å². The van der Waals surface area contributed by atoms with E-state index in [-0.39, 0.29) is 5.88 Å². The summed E-state index contributed by atoms with van der Waals surface area (Å²) in [6.07, 6.45) is 0. The number of aromatic nitrogens is 1. The summed E-state index contributed by atoms with van der Waals surface area (Å²) in [5, 5.41) is 6.01. The van der Waals surface area contributed by atoms with Crippen LogP contribution in [0.25, 0.3) is 33.2 Å². The maximum Gasteiger partial charge on any atom is 0.222 e. The second kappa shape index (κ2) is 3.91. The van der Waals surface area contributed by atoms with Crippen LogP contribution >= 0.6 is 0 Å². The third-order valence-corrected chi connectivity index (χ3v) is 3.74. The van der Waals surface area contributed by atoms with Crippen LogP contribution in [0.15, 0.2) is 31.6 Å². The van der Waals surface area contributed by atoms with Crippen LogP contribution in [-0.2, 0) is 0 Å². The summed E-state index contributed by atoms with van der Waals surface area (Å²) in [5.74, 6) is 1.96. The van der Waals surface area contributed by atoms with Crippen molar-refractivity contribution >= 4 is 27.8 Å². The molecule has 0 aliphatic rings. The van der Waals surface area contributed by atoms with Gasteiger partial charge in [0.1, 0.15) is 28.4 Å². The van der Waals surface area contributed by atoms with Crippen LogP contribution in [0.1, 0.15) is 17.1 Å². The van der Waals surface area contributed by atoms with Crippen molar-refractivity contribution < 1.29 is 13.4 Å². The quantitative estimate of drug-likeness (QED) is 0.561. The Morgan fingerprint density at radius 3 is 2.24 bits per heavy atom. The SMILES string of the molecule is Cc1cc2c(-c3cc(N)on3)c3oc(C)cc3c(C)c2o1. The zero-order valence-electron chi connectivity index (χ0n) is 12.0. The molecule has 3 heterocycles. The first kappa shape index (κ1) is 12.1. The van der Waals surface area contributed by atoms with Gasteiger partial charge in [-0.1, -0.05) is 5.16 Å². The monoisotopic (exact) mass is 282 g/mol. The maximum atomic E-state index is 5.90. The number of nitrogen functional groups attached to an aromatic ring is 1. The molecule has 4 rings (SSSR count). The van der Waals surface area contributed by atoms with E-state index in [1.54, 1.807) is 6.07 Å². The minimum atomic E-state index is 0.273. The van der Waals surface area contributed by atoms with Gasteiger partial charge in [-0.3, -0.25) is 0 Å². The number of hydrogen-bond acceptors (Lipinski definition) is 5. The van der Waals surface area contributed by atoms with Gasteiger partial charge in [-0.15, -0.1) is 0 Å². The van der Waals surface area contributed by atoms with E-state index in [2.05, 4.69) is 5.16 Å². The highest BCUT2D eigenvalue weighted by atomic mass is 16.5. The average molecular weight is 282 g/mol. The lowest BCUT2D eigenvalue weighted by molar-refractivity contribution is 0.439. The maximum absolute atomic E-state index is 5.90. The van der Waals surface area contributed by atoms with Gasteiger partial charge in [0.2, 0.25) is 5.88 Å². The van der Waals surface area contributed by atoms with Crippen molar-refractivity contribution in [2.75, 3.05) is 5.73 Å². The number of fused-ring (bicyclic) bond motifs is 2. The summed E-state index contributed by atoms with van der Waals surface area (Å²) >= 11 is 0. The van der Waals surface area contributed by atoms with E-state index in [1.807, 2.05) is 32.9 Å². The number of anilines is 1. The van der Waals surface area contributed by atoms with Gasteiger partial charge in [-0.2, -0.15) is 0 Å². The molecule has 0 unspecified atom stereocenters. The Hall–Kier alpha value is -2.69. The normalized spacial score (nSPS) is 11.8. The first-order valence-corrected chi connectivity index (χ1v) is 6.70. The average Bonchev–Trinajstić information content (AvgIpc) is 3.09. The second-order valence-electron chi connectivity index (χ2n) is 5.31.